The number of likely N-dealkylation sites (N-methyl/N-ethyl adjacent to an activating group) is 1. The summed E-state index contributed by atoms with van der Waals surface area (Å²) in [5.74, 6) is -0.136. The number of benzene rings is 1. The number of amides is 2. The molecular weight excluding hydrogens is 326 g/mol. The molecule has 2 rings (SSSR count). The number of anilines is 1. The Morgan fingerprint density at radius 3 is 2.54 bits per heavy atom. The van der Waals surface area contributed by atoms with Crippen LogP contribution in [0, 0.1) is 0 Å². The molecule has 0 bridgehead atoms. The van der Waals surface area contributed by atoms with Gasteiger partial charge in [0.1, 0.15) is 0 Å². The summed E-state index contributed by atoms with van der Waals surface area (Å²) in [6.45, 7) is 6.18. The zero-order valence-corrected chi connectivity index (χ0v) is 15.5. The van der Waals surface area contributed by atoms with Gasteiger partial charge in [-0.1, -0.05) is 18.5 Å². The zero-order chi connectivity index (χ0) is 17.9. The summed E-state index contributed by atoms with van der Waals surface area (Å²) < 4.78 is 0. The van der Waals surface area contributed by atoms with Crippen LogP contribution < -0.4 is 10.6 Å². The van der Waals surface area contributed by atoms with Crippen LogP contribution in [0.2, 0.25) is 5.02 Å². The third-order valence-corrected chi connectivity index (χ3v) is 4.79. The lowest BCUT2D eigenvalue weighted by molar-refractivity contribution is -0.128. The van der Waals surface area contributed by atoms with Gasteiger partial charge in [0.25, 0.3) is 5.91 Å². The van der Waals surface area contributed by atoms with Gasteiger partial charge in [-0.2, -0.15) is 0 Å². The van der Waals surface area contributed by atoms with Crippen molar-refractivity contribution in [2.24, 2.45) is 0 Å². The highest BCUT2D eigenvalue weighted by atomic mass is 35.5. The van der Waals surface area contributed by atoms with Crippen LogP contribution in [-0.2, 0) is 4.79 Å². The molecule has 6 heteroatoms. The highest BCUT2D eigenvalue weighted by molar-refractivity contribution is 6.34. The molecular formula is C18H26ClN3O2. The molecule has 1 fully saturated rings. The maximum Gasteiger partial charge on any atom is 0.253 e. The van der Waals surface area contributed by atoms with Crippen LogP contribution >= 0.6 is 11.6 Å². The predicted molar refractivity (Wildman–Crippen MR) is 97.6 cm³/mol. The Hall–Kier alpha value is -1.75. The van der Waals surface area contributed by atoms with Gasteiger partial charge in [0.2, 0.25) is 5.91 Å². The molecule has 0 aliphatic heterocycles. The second-order valence-corrected chi connectivity index (χ2v) is 7.38. The van der Waals surface area contributed by atoms with E-state index in [1.807, 2.05) is 27.8 Å². The molecule has 1 aromatic rings. The quantitative estimate of drug-likeness (QED) is 0.792. The molecule has 0 atom stereocenters. The topological polar surface area (TPSA) is 61.4 Å². The Bertz CT molecular complexity index is 627. The van der Waals surface area contributed by atoms with Crippen LogP contribution in [0.25, 0.3) is 0 Å². The van der Waals surface area contributed by atoms with Crippen molar-refractivity contribution in [1.82, 2.24) is 10.2 Å². The third kappa shape index (κ3) is 4.87. The lowest BCUT2D eigenvalue weighted by atomic mass is 10.0. The van der Waals surface area contributed by atoms with Crippen molar-refractivity contribution < 1.29 is 9.59 Å². The normalized spacial score (nSPS) is 14.2. The van der Waals surface area contributed by atoms with Crippen molar-refractivity contribution >= 4 is 29.1 Å². The summed E-state index contributed by atoms with van der Waals surface area (Å²) in [5.41, 5.74) is 0.881. The third-order valence-electron chi connectivity index (χ3n) is 4.48. The van der Waals surface area contributed by atoms with Crippen molar-refractivity contribution in [3.8, 4) is 0 Å². The second kappa shape index (κ2) is 7.43. The number of hydrogen-bond donors (Lipinski definition) is 2. The lowest BCUT2D eigenvalue weighted by Crippen LogP contribution is -2.42. The first-order valence-electron chi connectivity index (χ1n) is 8.35. The minimum atomic E-state index is -0.281. The first kappa shape index (κ1) is 18.6. The average Bonchev–Trinajstić information content (AvgIpc) is 3.36. The highest BCUT2D eigenvalue weighted by Gasteiger charge is 2.29. The van der Waals surface area contributed by atoms with Crippen LogP contribution in [-0.4, -0.2) is 41.9 Å². The first-order valence-corrected chi connectivity index (χ1v) is 8.73. The molecule has 0 saturated heterocycles. The molecule has 2 amide bonds. The van der Waals surface area contributed by atoms with Gasteiger partial charge in [0.15, 0.2) is 0 Å². The minimum Gasteiger partial charge on any atom is -0.376 e. The molecule has 0 heterocycles. The van der Waals surface area contributed by atoms with E-state index in [2.05, 4.69) is 10.6 Å². The Labute approximate surface area is 148 Å². The molecule has 1 aromatic carbocycles. The number of nitrogens with zero attached hydrogens (tertiary/aromatic N) is 1. The number of rotatable bonds is 7. The summed E-state index contributed by atoms with van der Waals surface area (Å²) in [4.78, 5) is 26.1. The Balaban J connectivity index is 1.96. The number of hydrogen-bond acceptors (Lipinski definition) is 3. The van der Waals surface area contributed by atoms with E-state index < -0.39 is 0 Å². The lowest BCUT2D eigenvalue weighted by Gasteiger charge is -2.24. The molecule has 5 nitrogen and oxygen atoms in total. The van der Waals surface area contributed by atoms with E-state index in [0.29, 0.717) is 16.6 Å². The van der Waals surface area contributed by atoms with Gasteiger partial charge >= 0.3 is 0 Å². The summed E-state index contributed by atoms with van der Waals surface area (Å²) >= 11 is 6.24. The van der Waals surface area contributed by atoms with Gasteiger partial charge in [-0.3, -0.25) is 9.59 Å². The molecule has 1 aliphatic carbocycles. The minimum absolute atomic E-state index is 0.0557. The molecule has 0 radical (unpaired) electrons. The van der Waals surface area contributed by atoms with Gasteiger partial charge < -0.3 is 15.5 Å². The van der Waals surface area contributed by atoms with Crippen molar-refractivity contribution in [2.75, 3.05) is 18.9 Å². The molecule has 2 N–H and O–H groups in total. The fourth-order valence-corrected chi connectivity index (χ4v) is 2.51. The molecule has 0 spiro atoms. The standard InChI is InChI=1S/C18H26ClN3O2/c1-5-18(2,3)21-17(24)14-9-6-12(10-15(14)19)20-11-16(23)22(4)13-7-8-13/h6,9-10,13,20H,5,7-8,11H2,1-4H3,(H,21,24). The smallest absolute Gasteiger partial charge is 0.253 e. The van der Waals surface area contributed by atoms with Crippen molar-refractivity contribution in [3.05, 3.63) is 28.8 Å². The summed E-state index contributed by atoms with van der Waals surface area (Å²) in [6.07, 6.45) is 3.00. The molecule has 1 saturated carbocycles. The molecule has 24 heavy (non-hydrogen) atoms. The van der Waals surface area contributed by atoms with E-state index in [1.54, 1.807) is 23.1 Å². The zero-order valence-electron chi connectivity index (χ0n) is 14.8. The maximum atomic E-state index is 12.3. The van der Waals surface area contributed by atoms with E-state index in [1.165, 1.54) is 0 Å². The average molecular weight is 352 g/mol. The van der Waals surface area contributed by atoms with Gasteiger partial charge in [-0.25, -0.2) is 0 Å². The number of nitrogens with one attached hydrogen (secondary N) is 2. The van der Waals surface area contributed by atoms with E-state index in [4.69, 9.17) is 11.6 Å². The Morgan fingerprint density at radius 2 is 2.00 bits per heavy atom. The molecule has 1 aliphatic rings. The molecule has 0 unspecified atom stereocenters. The van der Waals surface area contributed by atoms with Gasteiger partial charge in [-0.15, -0.1) is 0 Å². The molecule has 0 aromatic heterocycles. The second-order valence-electron chi connectivity index (χ2n) is 6.98. The SMILES string of the molecule is CCC(C)(C)NC(=O)c1ccc(NCC(=O)N(C)C2CC2)cc1Cl. The van der Waals surface area contributed by atoms with Crippen molar-refractivity contribution in [2.45, 2.75) is 51.6 Å². The first-order chi connectivity index (χ1) is 11.2. The summed E-state index contributed by atoms with van der Waals surface area (Å²) in [5, 5.41) is 6.40. The maximum absolute atomic E-state index is 12.3. The van der Waals surface area contributed by atoms with E-state index in [-0.39, 0.29) is 23.9 Å². The van der Waals surface area contributed by atoms with E-state index >= 15 is 0 Å². The molecule has 132 valence electrons. The highest BCUT2D eigenvalue weighted by Crippen LogP contribution is 2.26. The van der Waals surface area contributed by atoms with Crippen LogP contribution in [0.4, 0.5) is 5.69 Å². The fraction of sp³-hybridized carbons (Fsp3) is 0.556. The van der Waals surface area contributed by atoms with Crippen molar-refractivity contribution in [3.63, 3.8) is 0 Å². The summed E-state index contributed by atoms with van der Waals surface area (Å²) in [6, 6.07) is 5.53. The van der Waals surface area contributed by atoms with Crippen LogP contribution in [0.1, 0.15) is 50.4 Å². The fourth-order valence-electron chi connectivity index (χ4n) is 2.24. The van der Waals surface area contributed by atoms with Gasteiger partial charge in [0.05, 0.1) is 17.1 Å². The summed E-state index contributed by atoms with van der Waals surface area (Å²) in [7, 11) is 1.83. The van der Waals surface area contributed by atoms with Crippen LogP contribution in [0.15, 0.2) is 18.2 Å². The largest absolute Gasteiger partial charge is 0.376 e. The monoisotopic (exact) mass is 351 g/mol. The van der Waals surface area contributed by atoms with E-state index in [0.717, 1.165) is 24.9 Å². The van der Waals surface area contributed by atoms with Crippen LogP contribution in [0.5, 0.6) is 0 Å². The Morgan fingerprint density at radius 1 is 1.33 bits per heavy atom. The number of carbonyl (C=O) groups is 2. The predicted octanol–water partition coefficient (Wildman–Crippen LogP) is 3.29. The number of carbonyl (C=O) groups excluding carboxylic acids is 2. The van der Waals surface area contributed by atoms with Gasteiger partial charge in [-0.05, 0) is 51.3 Å². The van der Waals surface area contributed by atoms with E-state index in [9.17, 15) is 9.59 Å². The van der Waals surface area contributed by atoms with Gasteiger partial charge in [0, 0.05) is 24.3 Å². The van der Waals surface area contributed by atoms with Crippen LogP contribution in [0.3, 0.4) is 0 Å². The van der Waals surface area contributed by atoms with Crippen molar-refractivity contribution in [1.29, 1.82) is 0 Å². The Kier molecular flexibility index (Phi) is 5.75. The number of halogens is 1.